The predicted octanol–water partition coefficient (Wildman–Crippen LogP) is 0.492. The zero-order valence-electron chi connectivity index (χ0n) is 9.62. The Balaban J connectivity index is 2.23. The molecule has 0 saturated heterocycles. The molecular weight excluding hydrogens is 238 g/mol. The molecule has 0 unspecified atom stereocenters. The molecular formula is C10H13N5OS. The molecule has 0 radical (unpaired) electrons. The van der Waals surface area contributed by atoms with Gasteiger partial charge in [0, 0.05) is 26.5 Å². The molecule has 2 aromatic heterocycles. The molecule has 0 atom stereocenters. The van der Waals surface area contributed by atoms with E-state index in [9.17, 15) is 4.79 Å². The Morgan fingerprint density at radius 2 is 2.35 bits per heavy atom. The van der Waals surface area contributed by atoms with Crippen molar-refractivity contribution < 1.29 is 4.79 Å². The number of thioether (sulfide) groups is 1. The van der Waals surface area contributed by atoms with Gasteiger partial charge in [-0.25, -0.2) is 9.97 Å². The summed E-state index contributed by atoms with van der Waals surface area (Å²) in [6, 6.07) is 0. The normalized spacial score (nSPS) is 10.7. The second kappa shape index (κ2) is 4.62. The summed E-state index contributed by atoms with van der Waals surface area (Å²) in [5.41, 5.74) is 6.40. The van der Waals surface area contributed by atoms with Gasteiger partial charge in [0.25, 0.3) is 0 Å². The number of fused-ring (bicyclic) bond motifs is 1. The highest BCUT2D eigenvalue weighted by molar-refractivity contribution is 8.00. The van der Waals surface area contributed by atoms with E-state index in [1.807, 2.05) is 0 Å². The van der Waals surface area contributed by atoms with Crippen LogP contribution in [0.3, 0.4) is 0 Å². The molecule has 2 heterocycles. The third-order valence-corrected chi connectivity index (χ3v) is 3.13. The average molecular weight is 251 g/mol. The highest BCUT2D eigenvalue weighted by atomic mass is 32.2. The Bertz CT molecular complexity index is 551. The van der Waals surface area contributed by atoms with Crippen LogP contribution in [0.2, 0.25) is 0 Å². The van der Waals surface area contributed by atoms with Crippen molar-refractivity contribution in [1.82, 2.24) is 19.3 Å². The van der Waals surface area contributed by atoms with Crippen LogP contribution in [0.5, 0.6) is 0 Å². The summed E-state index contributed by atoms with van der Waals surface area (Å²) in [5.74, 6) is 0.769. The summed E-state index contributed by atoms with van der Waals surface area (Å²) in [4.78, 5) is 21.4. The molecule has 2 N–H and O–H groups in total. The van der Waals surface area contributed by atoms with Crippen molar-refractivity contribution >= 4 is 29.1 Å². The fraction of sp³-hybridized carbons (Fsp3) is 0.300. The molecule has 0 fully saturated rings. The standard InChI is InChI=1S/C10H13N5OS/c1-14(2)8(16)6-17-10-9-12-3-4-15(9)5-7(11)13-10/h3-5H,6,11H2,1-2H3. The van der Waals surface area contributed by atoms with E-state index in [1.54, 1.807) is 42.0 Å². The lowest BCUT2D eigenvalue weighted by Crippen LogP contribution is -2.23. The van der Waals surface area contributed by atoms with Gasteiger partial charge in [-0.3, -0.25) is 4.79 Å². The zero-order chi connectivity index (χ0) is 12.4. The fourth-order valence-electron chi connectivity index (χ4n) is 1.28. The molecule has 17 heavy (non-hydrogen) atoms. The number of carbonyl (C=O) groups excluding carboxylic acids is 1. The SMILES string of the molecule is CN(C)C(=O)CSc1nc(N)cn2ccnc12. The van der Waals surface area contributed by atoms with E-state index in [2.05, 4.69) is 9.97 Å². The lowest BCUT2D eigenvalue weighted by molar-refractivity contribution is -0.125. The topological polar surface area (TPSA) is 76.5 Å². The number of carbonyl (C=O) groups is 1. The second-order valence-corrected chi connectivity index (χ2v) is 4.67. The second-order valence-electron chi connectivity index (χ2n) is 3.71. The van der Waals surface area contributed by atoms with E-state index in [-0.39, 0.29) is 5.91 Å². The van der Waals surface area contributed by atoms with Gasteiger partial charge in [0.05, 0.1) is 11.9 Å². The third-order valence-electron chi connectivity index (χ3n) is 2.19. The van der Waals surface area contributed by atoms with E-state index in [0.29, 0.717) is 16.6 Å². The molecule has 0 aliphatic rings. The van der Waals surface area contributed by atoms with Crippen molar-refractivity contribution in [3.8, 4) is 0 Å². The van der Waals surface area contributed by atoms with Gasteiger partial charge < -0.3 is 15.0 Å². The fourth-order valence-corrected chi connectivity index (χ4v) is 2.25. The quantitative estimate of drug-likeness (QED) is 0.803. The van der Waals surface area contributed by atoms with Gasteiger partial charge in [0.1, 0.15) is 10.8 Å². The van der Waals surface area contributed by atoms with Crippen molar-refractivity contribution in [1.29, 1.82) is 0 Å². The number of nitrogens with two attached hydrogens (primary N) is 1. The van der Waals surface area contributed by atoms with Crippen LogP contribution in [0.15, 0.2) is 23.6 Å². The summed E-state index contributed by atoms with van der Waals surface area (Å²) >= 11 is 1.34. The molecule has 0 aliphatic heterocycles. The van der Waals surface area contributed by atoms with Gasteiger partial charge in [0.2, 0.25) is 5.91 Å². The number of amides is 1. The first-order valence-electron chi connectivity index (χ1n) is 5.00. The highest BCUT2D eigenvalue weighted by Crippen LogP contribution is 2.21. The smallest absolute Gasteiger partial charge is 0.232 e. The minimum atomic E-state index is 0.0314. The Hall–Kier alpha value is -1.76. The summed E-state index contributed by atoms with van der Waals surface area (Å²) in [6.07, 6.45) is 5.17. The monoisotopic (exact) mass is 251 g/mol. The highest BCUT2D eigenvalue weighted by Gasteiger charge is 2.10. The van der Waals surface area contributed by atoms with E-state index in [4.69, 9.17) is 5.73 Å². The van der Waals surface area contributed by atoms with Crippen LogP contribution in [-0.4, -0.2) is 45.0 Å². The van der Waals surface area contributed by atoms with Gasteiger partial charge in [-0.2, -0.15) is 0 Å². The Labute approximate surface area is 103 Å². The van der Waals surface area contributed by atoms with Gasteiger partial charge in [-0.15, -0.1) is 0 Å². The maximum atomic E-state index is 11.5. The summed E-state index contributed by atoms with van der Waals surface area (Å²) in [6.45, 7) is 0. The van der Waals surface area contributed by atoms with Crippen molar-refractivity contribution in [2.24, 2.45) is 0 Å². The van der Waals surface area contributed by atoms with Crippen LogP contribution in [0.1, 0.15) is 0 Å². The molecule has 6 nitrogen and oxygen atoms in total. The van der Waals surface area contributed by atoms with Crippen LogP contribution in [0.25, 0.3) is 5.65 Å². The number of imidazole rings is 1. The van der Waals surface area contributed by atoms with Crippen molar-refractivity contribution in [3.63, 3.8) is 0 Å². The molecule has 1 amide bonds. The van der Waals surface area contributed by atoms with Crippen LogP contribution in [0.4, 0.5) is 5.82 Å². The van der Waals surface area contributed by atoms with Crippen molar-refractivity contribution in [2.45, 2.75) is 5.03 Å². The number of rotatable bonds is 3. The first-order chi connectivity index (χ1) is 8.08. The van der Waals surface area contributed by atoms with Crippen molar-refractivity contribution in [3.05, 3.63) is 18.6 Å². The molecule has 90 valence electrons. The lowest BCUT2D eigenvalue weighted by Gasteiger charge is -2.09. The summed E-state index contributed by atoms with van der Waals surface area (Å²) in [7, 11) is 3.45. The van der Waals surface area contributed by atoms with E-state index in [1.165, 1.54) is 11.8 Å². The average Bonchev–Trinajstić information content (AvgIpc) is 2.72. The van der Waals surface area contributed by atoms with Crippen LogP contribution in [-0.2, 0) is 4.79 Å². The zero-order valence-corrected chi connectivity index (χ0v) is 10.4. The first-order valence-corrected chi connectivity index (χ1v) is 5.98. The molecule has 2 aromatic rings. The molecule has 0 saturated carbocycles. The van der Waals surface area contributed by atoms with E-state index in [0.717, 1.165) is 5.65 Å². The van der Waals surface area contributed by atoms with Gasteiger partial charge in [-0.05, 0) is 0 Å². The summed E-state index contributed by atoms with van der Waals surface area (Å²) < 4.78 is 1.80. The molecule has 0 aliphatic carbocycles. The van der Waals surface area contributed by atoms with Gasteiger partial charge in [-0.1, -0.05) is 11.8 Å². The number of anilines is 1. The maximum absolute atomic E-state index is 11.5. The number of nitrogens with zero attached hydrogens (tertiary/aromatic N) is 4. The third kappa shape index (κ3) is 2.50. The van der Waals surface area contributed by atoms with Crippen LogP contribution < -0.4 is 5.73 Å². The first kappa shape index (κ1) is 11.7. The van der Waals surface area contributed by atoms with Gasteiger partial charge in [0.15, 0.2) is 5.65 Å². The number of nitrogen functional groups attached to an aromatic ring is 1. The van der Waals surface area contributed by atoms with Gasteiger partial charge >= 0.3 is 0 Å². The predicted molar refractivity (Wildman–Crippen MR) is 66.8 cm³/mol. The molecule has 7 heteroatoms. The van der Waals surface area contributed by atoms with Crippen LogP contribution >= 0.6 is 11.8 Å². The van der Waals surface area contributed by atoms with Crippen molar-refractivity contribution in [2.75, 3.05) is 25.6 Å². The Morgan fingerprint density at radius 1 is 1.59 bits per heavy atom. The number of aromatic nitrogens is 3. The molecule has 2 rings (SSSR count). The minimum Gasteiger partial charge on any atom is -0.382 e. The van der Waals surface area contributed by atoms with E-state index >= 15 is 0 Å². The number of hydrogen-bond acceptors (Lipinski definition) is 5. The lowest BCUT2D eigenvalue weighted by atomic mass is 10.6. The molecule has 0 aromatic carbocycles. The van der Waals surface area contributed by atoms with E-state index < -0.39 is 0 Å². The largest absolute Gasteiger partial charge is 0.382 e. The molecule has 0 spiro atoms. The minimum absolute atomic E-state index is 0.0314. The summed E-state index contributed by atoms with van der Waals surface area (Å²) in [5, 5.41) is 0.671. The molecule has 0 bridgehead atoms. The number of hydrogen-bond donors (Lipinski definition) is 1. The Morgan fingerprint density at radius 3 is 3.06 bits per heavy atom. The Kier molecular flexibility index (Phi) is 3.19. The van der Waals surface area contributed by atoms with Crippen LogP contribution in [0, 0.1) is 0 Å². The maximum Gasteiger partial charge on any atom is 0.232 e.